The Kier molecular flexibility index (Phi) is 5.99. The highest BCUT2D eigenvalue weighted by molar-refractivity contribution is 8.02. The number of hydrogen-bond acceptors (Lipinski definition) is 7. The van der Waals surface area contributed by atoms with Gasteiger partial charge >= 0.3 is 0 Å². The van der Waals surface area contributed by atoms with Crippen LogP contribution in [-0.4, -0.2) is 52.0 Å². The molecular weight excluding hydrogens is 418 g/mol. The Hall–Kier alpha value is -2.32. The highest BCUT2D eigenvalue weighted by atomic mass is 32.2. The Morgan fingerprint density at radius 3 is 2.53 bits per heavy atom. The Morgan fingerprint density at radius 1 is 1.22 bits per heavy atom. The van der Waals surface area contributed by atoms with Gasteiger partial charge < -0.3 is 16.0 Å². The first-order valence-corrected chi connectivity index (χ1v) is 12.5. The minimum absolute atomic E-state index is 0.210. The largest absolute Gasteiger partial charge is 0.393 e. The van der Waals surface area contributed by atoms with Crippen LogP contribution in [0.4, 0.5) is 11.6 Å². The second-order valence-electron chi connectivity index (χ2n) is 9.40. The molecule has 1 unspecified atom stereocenters. The van der Waals surface area contributed by atoms with E-state index in [2.05, 4.69) is 52.5 Å². The molecular formula is C24H33N7S. The number of hydrogen-bond donors (Lipinski definition) is 3. The number of aromatic amines is 1. The normalized spacial score (nSPS) is 19.4. The number of nitrogens with zero attached hydrogens (tertiary/aromatic N) is 4. The fraction of sp³-hybridized carbons (Fsp3) is 0.542. The number of nitrogens with two attached hydrogens (primary N) is 1. The van der Waals surface area contributed by atoms with Crippen molar-refractivity contribution in [3.05, 3.63) is 39.4 Å². The van der Waals surface area contributed by atoms with Crippen molar-refractivity contribution in [3.8, 4) is 0 Å². The molecule has 1 atom stereocenters. The van der Waals surface area contributed by atoms with E-state index in [1.807, 2.05) is 6.08 Å². The van der Waals surface area contributed by atoms with Gasteiger partial charge in [0.2, 0.25) is 11.1 Å². The minimum atomic E-state index is 0.210. The molecule has 170 valence electrons. The van der Waals surface area contributed by atoms with E-state index in [1.54, 1.807) is 0 Å². The Balaban J connectivity index is 1.32. The van der Waals surface area contributed by atoms with Crippen molar-refractivity contribution in [1.82, 2.24) is 20.1 Å². The zero-order valence-electron chi connectivity index (χ0n) is 19.2. The van der Waals surface area contributed by atoms with Crippen LogP contribution in [0.5, 0.6) is 0 Å². The Labute approximate surface area is 194 Å². The summed E-state index contributed by atoms with van der Waals surface area (Å²) in [6, 6.07) is 3.11. The number of anilines is 2. The smallest absolute Gasteiger partial charge is 0.224 e. The van der Waals surface area contributed by atoms with Crippen LogP contribution in [0.1, 0.15) is 54.9 Å². The van der Waals surface area contributed by atoms with E-state index in [1.165, 1.54) is 78.2 Å². The fourth-order valence-corrected chi connectivity index (χ4v) is 5.28. The van der Waals surface area contributed by atoms with Gasteiger partial charge in [0.1, 0.15) is 0 Å². The van der Waals surface area contributed by atoms with E-state index >= 15 is 0 Å². The van der Waals surface area contributed by atoms with Gasteiger partial charge in [-0.05, 0) is 112 Å². The number of H-pyrrole nitrogens is 1. The third-order valence-electron chi connectivity index (χ3n) is 6.76. The SMILES string of the molecule is CC(C(/C=C(\N)Sc1n[nH]c(Nc2c3c(cc4c2CCC4)CCC3)n1)=NC1CC1)N(C)C. The summed E-state index contributed by atoms with van der Waals surface area (Å²) in [4.78, 5) is 11.7. The number of aliphatic imine (C=N–C) groups is 1. The van der Waals surface area contributed by atoms with Crippen molar-refractivity contribution in [2.75, 3.05) is 19.4 Å². The molecule has 8 heteroatoms. The predicted octanol–water partition coefficient (Wildman–Crippen LogP) is 3.97. The first-order chi connectivity index (χ1) is 15.5. The topological polar surface area (TPSA) is 95.2 Å². The van der Waals surface area contributed by atoms with Gasteiger partial charge in [-0.2, -0.15) is 4.98 Å². The maximum atomic E-state index is 6.36. The second kappa shape index (κ2) is 8.90. The monoisotopic (exact) mass is 451 g/mol. The lowest BCUT2D eigenvalue weighted by atomic mass is 9.99. The summed E-state index contributed by atoms with van der Waals surface area (Å²) in [5.41, 5.74) is 14.6. The van der Waals surface area contributed by atoms with Crippen LogP contribution < -0.4 is 11.1 Å². The van der Waals surface area contributed by atoms with Crippen molar-refractivity contribution >= 4 is 29.1 Å². The molecule has 5 rings (SSSR count). The molecule has 1 aromatic carbocycles. The van der Waals surface area contributed by atoms with Crippen molar-refractivity contribution < 1.29 is 0 Å². The molecule has 32 heavy (non-hydrogen) atoms. The average molecular weight is 452 g/mol. The molecule has 0 amide bonds. The molecule has 3 aliphatic carbocycles. The number of benzene rings is 1. The van der Waals surface area contributed by atoms with Gasteiger partial charge in [0.25, 0.3) is 0 Å². The van der Waals surface area contributed by atoms with Crippen molar-refractivity contribution in [2.24, 2.45) is 10.7 Å². The highest BCUT2D eigenvalue weighted by Crippen LogP contribution is 2.39. The Bertz CT molecular complexity index is 1030. The number of fused-ring (bicyclic) bond motifs is 2. The number of nitrogens with one attached hydrogen (secondary N) is 2. The van der Waals surface area contributed by atoms with E-state index in [9.17, 15) is 0 Å². The van der Waals surface area contributed by atoms with Crippen LogP contribution in [0.3, 0.4) is 0 Å². The van der Waals surface area contributed by atoms with Crippen LogP contribution in [0.15, 0.2) is 27.3 Å². The summed E-state index contributed by atoms with van der Waals surface area (Å²) < 4.78 is 0. The predicted molar refractivity (Wildman–Crippen MR) is 132 cm³/mol. The van der Waals surface area contributed by atoms with Gasteiger partial charge in [-0.15, -0.1) is 5.10 Å². The standard InChI is InChI=1S/C24H33N7S/c1-14(31(2)3)20(26-17-10-11-17)13-21(25)32-24-28-23(29-30-24)27-22-18-8-4-6-15(18)12-16-7-5-9-19(16)22/h12-14,17H,4-11,25H2,1-3H3,(H2,27,28,29,30)/b21-13+,26-20?. The molecule has 1 fully saturated rings. The van der Waals surface area contributed by atoms with Crippen LogP contribution in [0.25, 0.3) is 0 Å². The van der Waals surface area contributed by atoms with Gasteiger partial charge in [-0.25, -0.2) is 5.10 Å². The number of aryl methyl sites for hydroxylation is 2. The summed E-state index contributed by atoms with van der Waals surface area (Å²) in [6.07, 6.45) is 11.5. The molecule has 1 aromatic heterocycles. The van der Waals surface area contributed by atoms with E-state index in [-0.39, 0.29) is 6.04 Å². The molecule has 0 radical (unpaired) electrons. The van der Waals surface area contributed by atoms with E-state index in [4.69, 9.17) is 10.7 Å². The van der Waals surface area contributed by atoms with Gasteiger partial charge in [0.15, 0.2) is 0 Å². The molecule has 2 aromatic rings. The third-order valence-corrected chi connectivity index (χ3v) is 7.48. The lowest BCUT2D eigenvalue weighted by Crippen LogP contribution is -2.32. The zero-order valence-corrected chi connectivity index (χ0v) is 20.1. The summed E-state index contributed by atoms with van der Waals surface area (Å²) in [6.45, 7) is 2.15. The highest BCUT2D eigenvalue weighted by Gasteiger charge is 2.25. The molecule has 1 saturated carbocycles. The lowest BCUT2D eigenvalue weighted by Gasteiger charge is -2.20. The average Bonchev–Trinajstić information content (AvgIpc) is 3.13. The number of thioether (sulfide) groups is 1. The summed E-state index contributed by atoms with van der Waals surface area (Å²) in [7, 11) is 4.13. The van der Waals surface area contributed by atoms with E-state index < -0.39 is 0 Å². The fourth-order valence-electron chi connectivity index (χ4n) is 4.66. The maximum Gasteiger partial charge on any atom is 0.224 e. The lowest BCUT2D eigenvalue weighted by molar-refractivity contribution is 0.382. The van der Waals surface area contributed by atoms with Crippen LogP contribution >= 0.6 is 11.8 Å². The zero-order chi connectivity index (χ0) is 22.2. The van der Waals surface area contributed by atoms with E-state index in [0.717, 1.165) is 18.6 Å². The van der Waals surface area contributed by atoms with Crippen LogP contribution in [0.2, 0.25) is 0 Å². The third kappa shape index (κ3) is 4.57. The summed E-state index contributed by atoms with van der Waals surface area (Å²) in [5, 5.41) is 12.3. The molecule has 3 aliphatic rings. The van der Waals surface area contributed by atoms with Crippen LogP contribution in [-0.2, 0) is 25.7 Å². The molecule has 1 heterocycles. The maximum absolute atomic E-state index is 6.36. The van der Waals surface area contributed by atoms with Crippen LogP contribution in [0, 0.1) is 0 Å². The quantitative estimate of drug-likeness (QED) is 0.415. The van der Waals surface area contributed by atoms with Crippen molar-refractivity contribution in [1.29, 1.82) is 0 Å². The minimum Gasteiger partial charge on any atom is -0.393 e. The summed E-state index contributed by atoms with van der Waals surface area (Å²) >= 11 is 1.38. The van der Waals surface area contributed by atoms with Gasteiger partial charge in [-0.3, -0.25) is 4.99 Å². The van der Waals surface area contributed by atoms with Crippen molar-refractivity contribution in [3.63, 3.8) is 0 Å². The molecule has 7 nitrogen and oxygen atoms in total. The first kappa shape index (κ1) is 21.5. The second-order valence-corrected chi connectivity index (χ2v) is 10.4. The number of rotatable bonds is 8. The molecule has 4 N–H and O–H groups in total. The summed E-state index contributed by atoms with van der Waals surface area (Å²) in [5.74, 6) is 0.684. The van der Waals surface area contributed by atoms with Crippen molar-refractivity contribution in [2.45, 2.75) is 75.5 Å². The molecule has 0 spiro atoms. The molecule has 0 saturated heterocycles. The van der Waals surface area contributed by atoms with Gasteiger partial charge in [-0.1, -0.05) is 6.07 Å². The molecule has 0 aliphatic heterocycles. The molecule has 0 bridgehead atoms. The van der Waals surface area contributed by atoms with Gasteiger partial charge in [0, 0.05) is 11.7 Å². The number of aromatic nitrogens is 3. The Morgan fingerprint density at radius 2 is 1.91 bits per heavy atom. The van der Waals surface area contributed by atoms with Gasteiger partial charge in [0.05, 0.1) is 16.8 Å². The first-order valence-electron chi connectivity index (χ1n) is 11.7. The van der Waals surface area contributed by atoms with E-state index in [0.29, 0.717) is 22.2 Å².